The molecule has 0 aliphatic carbocycles. The highest BCUT2D eigenvalue weighted by Crippen LogP contribution is 2.22. The SMILES string of the molecule is CCC(=Cc1ccc(-c2cccnc2)o1)CNC. The van der Waals surface area contributed by atoms with Crippen molar-refractivity contribution in [1.82, 2.24) is 10.3 Å². The van der Waals surface area contributed by atoms with E-state index in [9.17, 15) is 0 Å². The van der Waals surface area contributed by atoms with E-state index in [1.807, 2.05) is 31.3 Å². The zero-order valence-corrected chi connectivity index (χ0v) is 10.8. The summed E-state index contributed by atoms with van der Waals surface area (Å²) in [4.78, 5) is 4.09. The second-order valence-corrected chi connectivity index (χ2v) is 4.13. The van der Waals surface area contributed by atoms with Crippen molar-refractivity contribution < 1.29 is 4.42 Å². The van der Waals surface area contributed by atoms with Gasteiger partial charge in [-0.15, -0.1) is 0 Å². The predicted octanol–water partition coefficient (Wildman–Crippen LogP) is 3.35. The fourth-order valence-corrected chi connectivity index (χ4v) is 1.80. The molecule has 0 fully saturated rings. The molecule has 0 atom stereocenters. The van der Waals surface area contributed by atoms with Gasteiger partial charge in [0, 0.05) is 24.5 Å². The van der Waals surface area contributed by atoms with Gasteiger partial charge in [-0.25, -0.2) is 0 Å². The third-order valence-corrected chi connectivity index (χ3v) is 2.78. The molecule has 0 aliphatic rings. The number of hydrogen-bond donors (Lipinski definition) is 1. The maximum atomic E-state index is 5.80. The van der Waals surface area contributed by atoms with Gasteiger partial charge in [0.2, 0.25) is 0 Å². The first-order valence-electron chi connectivity index (χ1n) is 6.17. The highest BCUT2D eigenvalue weighted by molar-refractivity contribution is 5.59. The van der Waals surface area contributed by atoms with Gasteiger partial charge in [0.1, 0.15) is 11.5 Å². The normalized spacial score (nSPS) is 11.8. The minimum atomic E-state index is 0.856. The van der Waals surface area contributed by atoms with Crippen LogP contribution < -0.4 is 5.32 Å². The van der Waals surface area contributed by atoms with Crippen molar-refractivity contribution in [3.8, 4) is 11.3 Å². The van der Waals surface area contributed by atoms with Crippen molar-refractivity contribution in [1.29, 1.82) is 0 Å². The van der Waals surface area contributed by atoms with Crippen LogP contribution in [0, 0.1) is 0 Å². The molecule has 3 heteroatoms. The third-order valence-electron chi connectivity index (χ3n) is 2.78. The number of hydrogen-bond acceptors (Lipinski definition) is 3. The van der Waals surface area contributed by atoms with Crippen LogP contribution in [-0.4, -0.2) is 18.6 Å². The fraction of sp³-hybridized carbons (Fsp3) is 0.267. The molecule has 2 aromatic heterocycles. The average molecular weight is 242 g/mol. The summed E-state index contributed by atoms with van der Waals surface area (Å²) in [7, 11) is 1.95. The van der Waals surface area contributed by atoms with E-state index in [0.717, 1.165) is 30.0 Å². The number of furan rings is 1. The van der Waals surface area contributed by atoms with Gasteiger partial charge in [0.25, 0.3) is 0 Å². The Morgan fingerprint density at radius 3 is 2.94 bits per heavy atom. The number of nitrogens with one attached hydrogen (secondary N) is 1. The zero-order valence-electron chi connectivity index (χ0n) is 10.8. The predicted molar refractivity (Wildman–Crippen MR) is 74.1 cm³/mol. The van der Waals surface area contributed by atoms with E-state index in [0.29, 0.717) is 0 Å². The van der Waals surface area contributed by atoms with E-state index in [1.54, 1.807) is 12.4 Å². The van der Waals surface area contributed by atoms with E-state index < -0.39 is 0 Å². The number of pyridine rings is 1. The monoisotopic (exact) mass is 242 g/mol. The van der Waals surface area contributed by atoms with Gasteiger partial charge in [0.05, 0.1) is 0 Å². The van der Waals surface area contributed by atoms with Gasteiger partial charge in [-0.05, 0) is 43.8 Å². The van der Waals surface area contributed by atoms with Crippen LogP contribution in [-0.2, 0) is 0 Å². The lowest BCUT2D eigenvalue weighted by Gasteiger charge is -2.01. The summed E-state index contributed by atoms with van der Waals surface area (Å²) in [5, 5.41) is 3.16. The van der Waals surface area contributed by atoms with Crippen LogP contribution in [0.3, 0.4) is 0 Å². The Hall–Kier alpha value is -1.87. The summed E-state index contributed by atoms with van der Waals surface area (Å²) >= 11 is 0. The molecule has 2 heterocycles. The highest BCUT2D eigenvalue weighted by Gasteiger charge is 2.03. The molecule has 0 saturated carbocycles. The van der Waals surface area contributed by atoms with E-state index in [4.69, 9.17) is 4.42 Å². The maximum absolute atomic E-state index is 5.80. The molecule has 0 saturated heterocycles. The van der Waals surface area contributed by atoms with E-state index in [-0.39, 0.29) is 0 Å². The summed E-state index contributed by atoms with van der Waals surface area (Å²) < 4.78 is 5.80. The molecular weight excluding hydrogens is 224 g/mol. The molecule has 0 radical (unpaired) electrons. The van der Waals surface area contributed by atoms with Crippen molar-refractivity contribution in [2.24, 2.45) is 0 Å². The van der Waals surface area contributed by atoms with Crippen LogP contribution >= 0.6 is 0 Å². The van der Waals surface area contributed by atoms with E-state index in [2.05, 4.69) is 23.3 Å². The van der Waals surface area contributed by atoms with Gasteiger partial charge in [-0.1, -0.05) is 12.5 Å². The lowest BCUT2D eigenvalue weighted by molar-refractivity contribution is 0.570. The average Bonchev–Trinajstić information content (AvgIpc) is 2.88. The number of aromatic nitrogens is 1. The maximum Gasteiger partial charge on any atom is 0.136 e. The third kappa shape index (κ3) is 3.08. The van der Waals surface area contributed by atoms with Crippen molar-refractivity contribution in [3.05, 3.63) is 48.0 Å². The second-order valence-electron chi connectivity index (χ2n) is 4.13. The Kier molecular flexibility index (Phi) is 4.31. The molecule has 0 aromatic carbocycles. The Labute approximate surface area is 108 Å². The molecule has 3 nitrogen and oxygen atoms in total. The summed E-state index contributed by atoms with van der Waals surface area (Å²) in [6, 6.07) is 7.88. The zero-order chi connectivity index (χ0) is 12.8. The van der Waals surface area contributed by atoms with Gasteiger partial charge < -0.3 is 9.73 Å². The lowest BCUT2D eigenvalue weighted by atomic mass is 10.2. The molecule has 1 N–H and O–H groups in total. The smallest absolute Gasteiger partial charge is 0.136 e. The summed E-state index contributed by atoms with van der Waals surface area (Å²) in [5.41, 5.74) is 2.33. The van der Waals surface area contributed by atoms with Gasteiger partial charge in [-0.2, -0.15) is 0 Å². The van der Waals surface area contributed by atoms with Crippen LogP contribution in [0.15, 0.2) is 46.6 Å². The van der Waals surface area contributed by atoms with E-state index in [1.165, 1.54) is 5.57 Å². The summed E-state index contributed by atoms with van der Waals surface area (Å²) in [5.74, 6) is 1.75. The van der Waals surface area contributed by atoms with Crippen LogP contribution in [0.4, 0.5) is 0 Å². The molecule has 0 bridgehead atoms. The van der Waals surface area contributed by atoms with Crippen LogP contribution in [0.1, 0.15) is 19.1 Å². The van der Waals surface area contributed by atoms with Crippen LogP contribution in [0.5, 0.6) is 0 Å². The Morgan fingerprint density at radius 1 is 1.39 bits per heavy atom. The highest BCUT2D eigenvalue weighted by atomic mass is 16.3. The minimum Gasteiger partial charge on any atom is -0.457 e. The Bertz CT molecular complexity index is 514. The second kappa shape index (κ2) is 6.17. The molecule has 18 heavy (non-hydrogen) atoms. The standard InChI is InChI=1S/C15H18N2O/c1-3-12(10-16-2)9-14-6-7-15(18-14)13-5-4-8-17-11-13/h4-9,11,16H,3,10H2,1-2H3. The summed E-state index contributed by atoms with van der Waals surface area (Å²) in [6.07, 6.45) is 6.68. The minimum absolute atomic E-state index is 0.856. The van der Waals surface area contributed by atoms with Crippen LogP contribution in [0.25, 0.3) is 17.4 Å². The van der Waals surface area contributed by atoms with Gasteiger partial charge >= 0.3 is 0 Å². The molecule has 0 aliphatic heterocycles. The Morgan fingerprint density at radius 2 is 2.28 bits per heavy atom. The van der Waals surface area contributed by atoms with Crippen molar-refractivity contribution in [2.75, 3.05) is 13.6 Å². The van der Waals surface area contributed by atoms with Crippen molar-refractivity contribution in [2.45, 2.75) is 13.3 Å². The Balaban J connectivity index is 2.20. The molecule has 0 amide bonds. The van der Waals surface area contributed by atoms with Crippen LogP contribution in [0.2, 0.25) is 0 Å². The number of rotatable bonds is 5. The quantitative estimate of drug-likeness (QED) is 0.873. The lowest BCUT2D eigenvalue weighted by Crippen LogP contribution is -2.09. The summed E-state index contributed by atoms with van der Waals surface area (Å²) in [6.45, 7) is 3.04. The fourth-order valence-electron chi connectivity index (χ4n) is 1.80. The molecular formula is C15H18N2O. The molecule has 0 spiro atoms. The molecule has 94 valence electrons. The van der Waals surface area contributed by atoms with Crippen molar-refractivity contribution in [3.63, 3.8) is 0 Å². The van der Waals surface area contributed by atoms with Crippen molar-refractivity contribution >= 4 is 6.08 Å². The molecule has 0 unspecified atom stereocenters. The molecule has 2 aromatic rings. The topological polar surface area (TPSA) is 38.1 Å². The first kappa shape index (κ1) is 12.6. The molecule has 2 rings (SSSR count). The first-order valence-corrected chi connectivity index (χ1v) is 6.17. The first-order chi connectivity index (χ1) is 8.83. The number of likely N-dealkylation sites (N-methyl/N-ethyl adjacent to an activating group) is 1. The van der Waals surface area contributed by atoms with Gasteiger partial charge in [-0.3, -0.25) is 4.98 Å². The van der Waals surface area contributed by atoms with E-state index >= 15 is 0 Å². The largest absolute Gasteiger partial charge is 0.457 e. The number of nitrogens with zero attached hydrogens (tertiary/aromatic N) is 1. The van der Waals surface area contributed by atoms with Gasteiger partial charge in [0.15, 0.2) is 0 Å².